The lowest BCUT2D eigenvalue weighted by atomic mass is 10.0. The van der Waals surface area contributed by atoms with Crippen LogP contribution in [0.4, 0.5) is 0 Å². The van der Waals surface area contributed by atoms with Crippen LogP contribution in [0.2, 0.25) is 0 Å². The van der Waals surface area contributed by atoms with E-state index in [9.17, 15) is 9.59 Å². The van der Waals surface area contributed by atoms with Crippen LogP contribution in [0.5, 0.6) is 0 Å². The van der Waals surface area contributed by atoms with Gasteiger partial charge in [-0.3, -0.25) is 14.8 Å². The normalized spacial score (nSPS) is 12.1. The number of carbonyl (C=O) groups excluding carboxylic acids is 1. The summed E-state index contributed by atoms with van der Waals surface area (Å²) in [5.41, 5.74) is 0.754. The van der Waals surface area contributed by atoms with Crippen molar-refractivity contribution in [2.45, 2.75) is 26.3 Å². The zero-order valence-corrected chi connectivity index (χ0v) is 13.0. The van der Waals surface area contributed by atoms with Crippen LogP contribution in [0.25, 0.3) is 10.7 Å². The third kappa shape index (κ3) is 4.08. The van der Waals surface area contributed by atoms with E-state index < -0.39 is 17.9 Å². The minimum Gasteiger partial charge on any atom is -0.480 e. The van der Waals surface area contributed by atoms with Crippen LogP contribution in [0.3, 0.4) is 0 Å². The van der Waals surface area contributed by atoms with E-state index in [0.29, 0.717) is 17.1 Å². The summed E-state index contributed by atoms with van der Waals surface area (Å²) < 4.78 is 0. The zero-order valence-electron chi connectivity index (χ0n) is 12.2. The molecule has 2 aromatic heterocycles. The highest BCUT2D eigenvalue weighted by molar-refractivity contribution is 7.13. The van der Waals surface area contributed by atoms with Crippen LogP contribution in [0.1, 0.15) is 30.8 Å². The molecule has 116 valence electrons. The fourth-order valence-corrected chi connectivity index (χ4v) is 2.59. The van der Waals surface area contributed by atoms with Crippen LogP contribution in [-0.2, 0) is 4.79 Å². The highest BCUT2D eigenvalue weighted by Gasteiger charge is 2.23. The minimum atomic E-state index is -1.05. The van der Waals surface area contributed by atoms with Crippen LogP contribution < -0.4 is 5.32 Å². The van der Waals surface area contributed by atoms with E-state index in [0.717, 1.165) is 0 Å². The molecule has 2 rings (SSSR count). The SMILES string of the molecule is CC(C)CC(NC(=O)c1csc(-c2cnccn2)n1)C(=O)O. The van der Waals surface area contributed by atoms with Gasteiger partial charge in [-0.25, -0.2) is 9.78 Å². The lowest BCUT2D eigenvalue weighted by Gasteiger charge is -2.15. The monoisotopic (exact) mass is 320 g/mol. The number of nitrogens with zero attached hydrogens (tertiary/aromatic N) is 3. The van der Waals surface area contributed by atoms with E-state index in [4.69, 9.17) is 5.11 Å². The molecule has 8 heteroatoms. The first kappa shape index (κ1) is 16.0. The Morgan fingerprint density at radius 1 is 1.36 bits per heavy atom. The molecule has 1 atom stereocenters. The highest BCUT2D eigenvalue weighted by Crippen LogP contribution is 2.20. The molecule has 2 heterocycles. The Labute approximate surface area is 131 Å². The van der Waals surface area contributed by atoms with Gasteiger partial charge in [-0.2, -0.15) is 0 Å². The van der Waals surface area contributed by atoms with Gasteiger partial charge >= 0.3 is 5.97 Å². The lowest BCUT2D eigenvalue weighted by Crippen LogP contribution is -2.41. The standard InChI is InChI=1S/C14H16N4O3S/c1-8(2)5-9(14(20)21)17-12(19)11-7-22-13(18-11)10-6-15-3-4-16-10/h3-4,6-9H,5H2,1-2H3,(H,17,19)(H,20,21). The van der Waals surface area contributed by atoms with Gasteiger partial charge in [0.1, 0.15) is 22.4 Å². The van der Waals surface area contributed by atoms with Gasteiger partial charge in [-0.1, -0.05) is 13.8 Å². The van der Waals surface area contributed by atoms with E-state index in [1.807, 2.05) is 13.8 Å². The third-order valence-corrected chi connectivity index (χ3v) is 3.69. The summed E-state index contributed by atoms with van der Waals surface area (Å²) in [6.07, 6.45) is 5.01. The van der Waals surface area contributed by atoms with Crippen LogP contribution in [0.15, 0.2) is 24.0 Å². The fourth-order valence-electron chi connectivity index (χ4n) is 1.83. The summed E-state index contributed by atoms with van der Waals surface area (Å²) >= 11 is 1.26. The zero-order chi connectivity index (χ0) is 16.1. The predicted octanol–water partition coefficient (Wildman–Crippen LogP) is 1.83. The van der Waals surface area contributed by atoms with E-state index >= 15 is 0 Å². The van der Waals surface area contributed by atoms with Gasteiger partial charge in [0.15, 0.2) is 0 Å². The molecule has 7 nitrogen and oxygen atoms in total. The number of carbonyl (C=O) groups is 2. The number of aromatic nitrogens is 3. The first-order chi connectivity index (χ1) is 10.5. The number of thiazole rings is 1. The first-order valence-corrected chi connectivity index (χ1v) is 7.61. The maximum Gasteiger partial charge on any atom is 0.326 e. The largest absolute Gasteiger partial charge is 0.480 e. The molecule has 0 saturated heterocycles. The smallest absolute Gasteiger partial charge is 0.326 e. The Bertz CT molecular complexity index is 657. The highest BCUT2D eigenvalue weighted by atomic mass is 32.1. The quantitative estimate of drug-likeness (QED) is 0.841. The van der Waals surface area contributed by atoms with E-state index in [-0.39, 0.29) is 11.6 Å². The molecule has 0 aromatic carbocycles. The molecule has 2 aromatic rings. The Morgan fingerprint density at radius 3 is 2.73 bits per heavy atom. The molecule has 0 aliphatic heterocycles. The van der Waals surface area contributed by atoms with Crippen molar-refractivity contribution in [3.63, 3.8) is 0 Å². The summed E-state index contributed by atoms with van der Waals surface area (Å²) in [6.45, 7) is 3.80. The average molecular weight is 320 g/mol. The summed E-state index contributed by atoms with van der Waals surface area (Å²) in [6, 6.07) is -0.922. The van der Waals surface area contributed by atoms with E-state index in [1.165, 1.54) is 11.3 Å². The second kappa shape index (κ2) is 7.08. The molecule has 0 aliphatic rings. The Balaban J connectivity index is 2.10. The number of hydrogen-bond acceptors (Lipinski definition) is 6. The molecule has 0 saturated carbocycles. The van der Waals surface area contributed by atoms with Gasteiger partial charge in [-0.05, 0) is 12.3 Å². The van der Waals surface area contributed by atoms with E-state index in [1.54, 1.807) is 24.0 Å². The van der Waals surface area contributed by atoms with Crippen molar-refractivity contribution in [3.05, 3.63) is 29.7 Å². The van der Waals surface area contributed by atoms with Gasteiger partial charge < -0.3 is 10.4 Å². The summed E-state index contributed by atoms with van der Waals surface area (Å²) in [5, 5.41) is 13.8. The van der Waals surface area contributed by atoms with Crippen LogP contribution in [0, 0.1) is 5.92 Å². The Hall–Kier alpha value is -2.35. The van der Waals surface area contributed by atoms with Gasteiger partial charge in [0.2, 0.25) is 0 Å². The first-order valence-electron chi connectivity index (χ1n) is 6.73. The minimum absolute atomic E-state index is 0.159. The van der Waals surface area contributed by atoms with Crippen LogP contribution in [-0.4, -0.2) is 38.0 Å². The number of amides is 1. The maximum atomic E-state index is 12.1. The van der Waals surface area contributed by atoms with Crippen LogP contribution >= 0.6 is 11.3 Å². The molecule has 2 N–H and O–H groups in total. The molecular weight excluding hydrogens is 304 g/mol. The predicted molar refractivity (Wildman–Crippen MR) is 81.5 cm³/mol. The molecule has 1 amide bonds. The summed E-state index contributed by atoms with van der Waals surface area (Å²) in [7, 11) is 0. The van der Waals surface area contributed by atoms with Crippen molar-refractivity contribution in [3.8, 4) is 10.7 Å². The summed E-state index contributed by atoms with van der Waals surface area (Å²) in [4.78, 5) is 35.5. The second-order valence-electron chi connectivity index (χ2n) is 5.12. The molecule has 0 fully saturated rings. The van der Waals surface area contributed by atoms with Crippen molar-refractivity contribution >= 4 is 23.2 Å². The number of rotatable bonds is 6. The van der Waals surface area contributed by atoms with Crippen molar-refractivity contribution in [1.82, 2.24) is 20.3 Å². The second-order valence-corrected chi connectivity index (χ2v) is 5.98. The average Bonchev–Trinajstić information content (AvgIpc) is 2.96. The molecule has 0 radical (unpaired) electrons. The molecule has 22 heavy (non-hydrogen) atoms. The fraction of sp³-hybridized carbons (Fsp3) is 0.357. The molecule has 0 bridgehead atoms. The Morgan fingerprint density at radius 2 is 2.14 bits per heavy atom. The lowest BCUT2D eigenvalue weighted by molar-refractivity contribution is -0.139. The topological polar surface area (TPSA) is 105 Å². The van der Waals surface area contributed by atoms with Gasteiger partial charge in [0.05, 0.1) is 6.20 Å². The van der Waals surface area contributed by atoms with Gasteiger partial charge in [-0.15, -0.1) is 11.3 Å². The van der Waals surface area contributed by atoms with Crippen molar-refractivity contribution in [2.24, 2.45) is 5.92 Å². The number of hydrogen-bond donors (Lipinski definition) is 2. The number of aliphatic carboxylic acids is 1. The van der Waals surface area contributed by atoms with E-state index in [2.05, 4.69) is 20.3 Å². The molecule has 1 unspecified atom stereocenters. The molecular formula is C14H16N4O3S. The van der Waals surface area contributed by atoms with Gasteiger partial charge in [0, 0.05) is 17.8 Å². The molecule has 0 aliphatic carbocycles. The summed E-state index contributed by atoms with van der Waals surface area (Å²) in [5.74, 6) is -1.39. The number of carboxylic acid groups (broad SMARTS) is 1. The van der Waals surface area contributed by atoms with Gasteiger partial charge in [0.25, 0.3) is 5.91 Å². The van der Waals surface area contributed by atoms with Crippen molar-refractivity contribution in [1.29, 1.82) is 0 Å². The number of carboxylic acids is 1. The maximum absolute atomic E-state index is 12.1. The Kier molecular flexibility index (Phi) is 5.16. The number of nitrogens with one attached hydrogen (secondary N) is 1. The van der Waals surface area contributed by atoms with Crippen molar-refractivity contribution < 1.29 is 14.7 Å². The molecule has 0 spiro atoms. The third-order valence-electron chi connectivity index (χ3n) is 2.83. The van der Waals surface area contributed by atoms with Crippen molar-refractivity contribution in [2.75, 3.05) is 0 Å².